The Labute approximate surface area is 93.7 Å². The number of carbonyl (C=O) groups is 1. The highest BCUT2D eigenvalue weighted by Crippen LogP contribution is 2.26. The van der Waals surface area contributed by atoms with E-state index in [1.54, 1.807) is 0 Å². The lowest BCUT2D eigenvalue weighted by atomic mass is 10.0. The molecule has 0 bridgehead atoms. The molecule has 1 aliphatic rings. The molecule has 1 N–H and O–H groups in total. The van der Waals surface area contributed by atoms with Crippen molar-refractivity contribution in [3.8, 4) is 0 Å². The number of nitrogens with one attached hydrogen (secondary N) is 1. The number of amides is 1. The molecule has 0 saturated carbocycles. The smallest absolute Gasteiger partial charge is 0.220 e. The minimum atomic E-state index is -0.601. The van der Waals surface area contributed by atoms with Gasteiger partial charge in [-0.05, 0) is 12.5 Å². The van der Waals surface area contributed by atoms with Gasteiger partial charge in [0.25, 0.3) is 0 Å². The zero-order valence-electron chi connectivity index (χ0n) is 9.39. The Morgan fingerprint density at radius 2 is 2.00 bits per heavy atom. The summed E-state index contributed by atoms with van der Waals surface area (Å²) in [6.07, 6.45) is 0.975. The second-order valence-electron chi connectivity index (χ2n) is 3.32. The van der Waals surface area contributed by atoms with Crippen molar-refractivity contribution in [2.24, 2.45) is 0 Å². The normalized spacial score (nSPS) is 18.8. The third-order valence-electron chi connectivity index (χ3n) is 2.33. The molecule has 2 rings (SSSR count). The summed E-state index contributed by atoms with van der Waals surface area (Å²) in [5.74, 6) is -1.29. The van der Waals surface area contributed by atoms with E-state index in [2.05, 4.69) is 5.32 Å². The van der Waals surface area contributed by atoms with Crippen molar-refractivity contribution in [2.75, 3.05) is 0 Å². The van der Waals surface area contributed by atoms with Gasteiger partial charge in [0.05, 0.1) is 6.04 Å². The summed E-state index contributed by atoms with van der Waals surface area (Å²) in [4.78, 5) is 10.9. The maximum atomic E-state index is 13.2. The lowest BCUT2D eigenvalue weighted by molar-refractivity contribution is -0.119. The van der Waals surface area contributed by atoms with Gasteiger partial charge in [0, 0.05) is 18.1 Å². The Kier molecular flexibility index (Phi) is 4.40. The second-order valence-corrected chi connectivity index (χ2v) is 3.32. The van der Waals surface area contributed by atoms with Gasteiger partial charge in [-0.25, -0.2) is 8.78 Å². The number of halogens is 2. The van der Waals surface area contributed by atoms with E-state index in [0.29, 0.717) is 18.4 Å². The SMILES string of the molecule is CC.O=C1CCC(c2ccc(F)cc2F)N1. The van der Waals surface area contributed by atoms with Gasteiger partial charge in [-0.1, -0.05) is 19.9 Å². The Morgan fingerprint density at radius 1 is 1.31 bits per heavy atom. The zero-order valence-corrected chi connectivity index (χ0v) is 9.39. The third kappa shape index (κ3) is 2.78. The molecule has 2 nitrogen and oxygen atoms in total. The van der Waals surface area contributed by atoms with E-state index >= 15 is 0 Å². The fraction of sp³-hybridized carbons (Fsp3) is 0.417. The first-order valence-corrected chi connectivity index (χ1v) is 5.41. The van der Waals surface area contributed by atoms with Crippen molar-refractivity contribution in [3.05, 3.63) is 35.4 Å². The van der Waals surface area contributed by atoms with Gasteiger partial charge in [-0.2, -0.15) is 0 Å². The van der Waals surface area contributed by atoms with Gasteiger partial charge in [0.2, 0.25) is 5.91 Å². The highest BCUT2D eigenvalue weighted by molar-refractivity contribution is 5.78. The van der Waals surface area contributed by atoms with Gasteiger partial charge in [-0.15, -0.1) is 0 Å². The maximum Gasteiger partial charge on any atom is 0.220 e. The molecule has 4 heteroatoms. The first-order valence-electron chi connectivity index (χ1n) is 5.41. The Morgan fingerprint density at radius 3 is 2.50 bits per heavy atom. The summed E-state index contributed by atoms with van der Waals surface area (Å²) in [5, 5.41) is 2.63. The second kappa shape index (κ2) is 5.58. The van der Waals surface area contributed by atoms with Crippen LogP contribution in [0.25, 0.3) is 0 Å². The number of rotatable bonds is 1. The van der Waals surface area contributed by atoms with Crippen molar-refractivity contribution < 1.29 is 13.6 Å². The Bertz CT molecular complexity index is 379. The Balaban J connectivity index is 0.000000606. The number of hydrogen-bond donors (Lipinski definition) is 1. The van der Waals surface area contributed by atoms with E-state index in [1.165, 1.54) is 12.1 Å². The van der Waals surface area contributed by atoms with Gasteiger partial charge >= 0.3 is 0 Å². The minimum Gasteiger partial charge on any atom is -0.349 e. The van der Waals surface area contributed by atoms with Crippen LogP contribution in [0.4, 0.5) is 8.78 Å². The molecule has 88 valence electrons. The van der Waals surface area contributed by atoms with Gasteiger partial charge in [-0.3, -0.25) is 4.79 Å². The fourth-order valence-electron chi connectivity index (χ4n) is 1.63. The van der Waals surface area contributed by atoms with Crippen molar-refractivity contribution in [1.29, 1.82) is 0 Å². The Hall–Kier alpha value is -1.45. The van der Waals surface area contributed by atoms with E-state index in [4.69, 9.17) is 0 Å². The van der Waals surface area contributed by atoms with Crippen molar-refractivity contribution >= 4 is 5.91 Å². The van der Waals surface area contributed by atoms with Crippen LogP contribution in [0.2, 0.25) is 0 Å². The topological polar surface area (TPSA) is 29.1 Å². The van der Waals surface area contributed by atoms with Crippen LogP contribution >= 0.6 is 0 Å². The predicted octanol–water partition coefficient (Wildman–Crippen LogP) is 2.94. The molecule has 1 aromatic carbocycles. The van der Waals surface area contributed by atoms with Gasteiger partial charge in [0.15, 0.2) is 0 Å². The molecular weight excluding hydrogens is 212 g/mol. The number of hydrogen-bond acceptors (Lipinski definition) is 1. The summed E-state index contributed by atoms with van der Waals surface area (Å²) in [7, 11) is 0. The largest absolute Gasteiger partial charge is 0.349 e. The molecule has 1 unspecified atom stereocenters. The average molecular weight is 227 g/mol. The van der Waals surface area contributed by atoms with Crippen molar-refractivity contribution in [2.45, 2.75) is 32.7 Å². The summed E-state index contributed by atoms with van der Waals surface area (Å²) >= 11 is 0. The van der Waals surface area contributed by atoms with E-state index in [1.807, 2.05) is 13.8 Å². The first kappa shape index (κ1) is 12.6. The molecule has 1 aromatic rings. The van der Waals surface area contributed by atoms with E-state index in [9.17, 15) is 13.6 Å². The molecule has 0 aromatic heterocycles. The molecule has 1 heterocycles. The van der Waals surface area contributed by atoms with E-state index < -0.39 is 11.6 Å². The average Bonchev–Trinajstić information content (AvgIpc) is 2.68. The maximum absolute atomic E-state index is 13.2. The van der Waals surface area contributed by atoms with Crippen LogP contribution in [0, 0.1) is 11.6 Å². The van der Waals surface area contributed by atoms with Gasteiger partial charge < -0.3 is 5.32 Å². The fourth-order valence-corrected chi connectivity index (χ4v) is 1.63. The molecule has 0 spiro atoms. The molecule has 1 amide bonds. The van der Waals surface area contributed by atoms with Crippen LogP contribution in [-0.2, 0) is 4.79 Å². The summed E-state index contributed by atoms with van der Waals surface area (Å²) in [6.45, 7) is 4.00. The van der Waals surface area contributed by atoms with Crippen molar-refractivity contribution in [1.82, 2.24) is 5.32 Å². The molecule has 16 heavy (non-hydrogen) atoms. The van der Waals surface area contributed by atoms with Crippen LogP contribution in [0.15, 0.2) is 18.2 Å². The molecular formula is C12H15F2NO. The standard InChI is InChI=1S/C10H9F2NO.C2H6/c11-6-1-2-7(8(12)5-6)9-3-4-10(14)13-9;1-2/h1-2,5,9H,3-4H2,(H,13,14);1-2H3. The molecule has 1 saturated heterocycles. The highest BCUT2D eigenvalue weighted by Gasteiger charge is 2.24. The number of benzene rings is 1. The van der Waals surface area contributed by atoms with Crippen LogP contribution in [-0.4, -0.2) is 5.91 Å². The van der Waals surface area contributed by atoms with Gasteiger partial charge in [0.1, 0.15) is 11.6 Å². The van der Waals surface area contributed by atoms with Crippen LogP contribution in [0.5, 0.6) is 0 Å². The number of carbonyl (C=O) groups excluding carboxylic acids is 1. The summed E-state index contributed by atoms with van der Waals surface area (Å²) in [5.41, 5.74) is 0.359. The third-order valence-corrected chi connectivity index (χ3v) is 2.33. The van der Waals surface area contributed by atoms with Crippen molar-refractivity contribution in [3.63, 3.8) is 0 Å². The van der Waals surface area contributed by atoms with Crippen LogP contribution in [0.3, 0.4) is 0 Å². The lowest BCUT2D eigenvalue weighted by Crippen LogP contribution is -2.19. The zero-order chi connectivity index (χ0) is 12.1. The highest BCUT2D eigenvalue weighted by atomic mass is 19.1. The monoisotopic (exact) mass is 227 g/mol. The predicted molar refractivity (Wildman–Crippen MR) is 57.8 cm³/mol. The first-order chi connectivity index (χ1) is 7.66. The minimum absolute atomic E-state index is 0.0845. The van der Waals surface area contributed by atoms with Crippen LogP contribution in [0.1, 0.15) is 38.3 Å². The van der Waals surface area contributed by atoms with Crippen LogP contribution < -0.4 is 5.32 Å². The van der Waals surface area contributed by atoms with E-state index in [0.717, 1.165) is 6.07 Å². The van der Waals surface area contributed by atoms with E-state index in [-0.39, 0.29) is 11.9 Å². The molecule has 0 aliphatic carbocycles. The molecule has 0 radical (unpaired) electrons. The molecule has 1 fully saturated rings. The summed E-state index contributed by atoms with van der Waals surface area (Å²) in [6, 6.07) is 3.10. The molecule has 1 atom stereocenters. The lowest BCUT2D eigenvalue weighted by Gasteiger charge is -2.10. The summed E-state index contributed by atoms with van der Waals surface area (Å²) < 4.78 is 25.8. The quantitative estimate of drug-likeness (QED) is 0.785. The molecule has 1 aliphatic heterocycles.